The van der Waals surface area contributed by atoms with Gasteiger partial charge in [0.15, 0.2) is 0 Å². The summed E-state index contributed by atoms with van der Waals surface area (Å²) in [6.45, 7) is 1.87. The van der Waals surface area contributed by atoms with Crippen molar-refractivity contribution in [3.8, 4) is 0 Å². The molecule has 1 aromatic heterocycles. The molecule has 3 rings (SSSR count). The molecule has 1 saturated heterocycles. The summed E-state index contributed by atoms with van der Waals surface area (Å²) in [5.41, 5.74) is 7.28. The number of fused-ring (bicyclic) bond motifs is 1. The lowest BCUT2D eigenvalue weighted by molar-refractivity contribution is -0.140. The van der Waals surface area contributed by atoms with Crippen LogP contribution in [0.25, 0.3) is 11.0 Å². The highest BCUT2D eigenvalue weighted by Gasteiger charge is 2.26. The number of hydrogen-bond donors (Lipinski definition) is 3. The van der Waals surface area contributed by atoms with Crippen LogP contribution in [0.4, 0.5) is 5.69 Å². The van der Waals surface area contributed by atoms with Gasteiger partial charge in [0.05, 0.1) is 0 Å². The van der Waals surface area contributed by atoms with Crippen molar-refractivity contribution in [2.75, 3.05) is 5.73 Å². The Morgan fingerprint density at radius 3 is 2.64 bits per heavy atom. The number of carbonyl (C=O) groups excluding carboxylic acids is 1. The molecular formula is C15H16N2O5. The lowest BCUT2D eigenvalue weighted by atomic mass is 10.1. The Hall–Kier alpha value is -2.83. The van der Waals surface area contributed by atoms with Crippen LogP contribution in [0, 0.1) is 6.92 Å². The molecular weight excluding hydrogens is 288 g/mol. The van der Waals surface area contributed by atoms with Crippen LogP contribution >= 0.6 is 0 Å². The maximum atomic E-state index is 11.0. The van der Waals surface area contributed by atoms with Crippen LogP contribution in [-0.4, -0.2) is 23.0 Å². The summed E-state index contributed by atoms with van der Waals surface area (Å²) in [6, 6.07) is 6.12. The van der Waals surface area contributed by atoms with Crippen molar-refractivity contribution in [2.45, 2.75) is 25.8 Å². The van der Waals surface area contributed by atoms with E-state index in [1.54, 1.807) is 12.1 Å². The monoisotopic (exact) mass is 304 g/mol. The smallest absolute Gasteiger partial charge is 0.336 e. The molecule has 1 aliphatic heterocycles. The molecule has 1 fully saturated rings. The minimum atomic E-state index is -0.944. The molecule has 7 heteroatoms. The Bertz CT molecular complexity index is 781. The number of carboxylic acid groups (broad SMARTS) is 1. The van der Waals surface area contributed by atoms with Gasteiger partial charge < -0.3 is 20.6 Å². The van der Waals surface area contributed by atoms with Gasteiger partial charge in [0.25, 0.3) is 0 Å². The number of hydrogen-bond acceptors (Lipinski definition) is 5. The van der Waals surface area contributed by atoms with Crippen LogP contribution in [0.3, 0.4) is 0 Å². The van der Waals surface area contributed by atoms with Crippen molar-refractivity contribution in [1.29, 1.82) is 0 Å². The van der Waals surface area contributed by atoms with Crippen LogP contribution in [-0.2, 0) is 9.59 Å². The molecule has 1 aromatic carbocycles. The summed E-state index contributed by atoms with van der Waals surface area (Å²) in [6.07, 6.45) is 0.769. The molecule has 0 saturated carbocycles. The number of amides is 1. The summed E-state index contributed by atoms with van der Waals surface area (Å²) < 4.78 is 4.99. The lowest BCUT2D eigenvalue weighted by Crippen LogP contribution is -2.32. The highest BCUT2D eigenvalue weighted by molar-refractivity contribution is 5.87. The van der Waals surface area contributed by atoms with Crippen LogP contribution < -0.4 is 16.7 Å². The number of carboxylic acids is 1. The minimum Gasteiger partial charge on any atom is -0.480 e. The van der Waals surface area contributed by atoms with Crippen LogP contribution in [0.15, 0.2) is 33.5 Å². The number of rotatable bonds is 1. The first kappa shape index (κ1) is 15.6. The Morgan fingerprint density at radius 1 is 1.36 bits per heavy atom. The van der Waals surface area contributed by atoms with Crippen molar-refractivity contribution in [1.82, 2.24) is 5.32 Å². The van der Waals surface area contributed by atoms with E-state index in [2.05, 4.69) is 5.32 Å². The molecule has 1 atom stereocenters. The first-order chi connectivity index (χ1) is 10.4. The number of nitrogens with two attached hydrogens (primary N) is 1. The summed E-state index contributed by atoms with van der Waals surface area (Å²) in [7, 11) is 0. The van der Waals surface area contributed by atoms with Gasteiger partial charge in [-0.1, -0.05) is 0 Å². The Balaban J connectivity index is 0.000000172. The van der Waals surface area contributed by atoms with Gasteiger partial charge in [0.2, 0.25) is 5.91 Å². The molecule has 0 aliphatic carbocycles. The SMILES string of the molecule is Cc1cc(=O)oc2cc(N)ccc12.O=C1CC[C@@H](C(=O)O)N1. The fourth-order valence-electron chi connectivity index (χ4n) is 2.14. The van der Waals surface area contributed by atoms with Gasteiger partial charge >= 0.3 is 11.6 Å². The topological polar surface area (TPSA) is 123 Å². The third-order valence-electron chi connectivity index (χ3n) is 3.27. The highest BCUT2D eigenvalue weighted by atomic mass is 16.4. The third-order valence-corrected chi connectivity index (χ3v) is 3.27. The first-order valence-electron chi connectivity index (χ1n) is 6.69. The number of anilines is 1. The van der Waals surface area contributed by atoms with Crippen molar-refractivity contribution in [3.05, 3.63) is 40.2 Å². The third kappa shape index (κ3) is 3.63. The Labute approximate surface area is 125 Å². The molecule has 22 heavy (non-hydrogen) atoms. The largest absolute Gasteiger partial charge is 0.480 e. The predicted molar refractivity (Wildman–Crippen MR) is 80.4 cm³/mol. The average molecular weight is 304 g/mol. The van der Waals surface area contributed by atoms with E-state index in [0.29, 0.717) is 24.1 Å². The number of nitrogen functional groups attached to an aromatic ring is 1. The Morgan fingerprint density at radius 2 is 2.09 bits per heavy atom. The highest BCUT2D eigenvalue weighted by Crippen LogP contribution is 2.18. The standard InChI is InChI=1S/C10H9NO2.C5H7NO3/c1-6-4-10(12)13-9-5-7(11)2-3-8(6)9;7-4-2-1-3(6-4)5(8)9/h2-5H,11H2,1H3;3H,1-2H2,(H,6,7)(H,8,9)/t;3-/m.0/s1. The molecule has 0 spiro atoms. The van der Waals surface area contributed by atoms with Crippen LogP contribution in [0.5, 0.6) is 0 Å². The summed E-state index contributed by atoms with van der Waals surface area (Å²) in [4.78, 5) is 31.5. The van der Waals surface area contributed by atoms with Gasteiger partial charge in [-0.2, -0.15) is 0 Å². The van der Waals surface area contributed by atoms with E-state index in [0.717, 1.165) is 10.9 Å². The number of benzene rings is 1. The van der Waals surface area contributed by atoms with Gasteiger partial charge in [-0.3, -0.25) is 4.79 Å². The number of carbonyl (C=O) groups is 2. The van der Waals surface area contributed by atoms with E-state index >= 15 is 0 Å². The second kappa shape index (κ2) is 6.30. The molecule has 0 radical (unpaired) electrons. The summed E-state index contributed by atoms with van der Waals surface area (Å²) >= 11 is 0. The number of aryl methyl sites for hydroxylation is 1. The first-order valence-corrected chi connectivity index (χ1v) is 6.69. The fraction of sp³-hybridized carbons (Fsp3) is 0.267. The zero-order chi connectivity index (χ0) is 16.3. The van der Waals surface area contributed by atoms with Gasteiger partial charge in [-0.25, -0.2) is 9.59 Å². The molecule has 2 aromatic rings. The predicted octanol–water partition coefficient (Wildman–Crippen LogP) is 1.03. The van der Waals surface area contributed by atoms with E-state index in [1.807, 2.05) is 13.0 Å². The number of nitrogens with one attached hydrogen (secondary N) is 1. The fourth-order valence-corrected chi connectivity index (χ4v) is 2.14. The quantitative estimate of drug-likeness (QED) is 0.534. The van der Waals surface area contributed by atoms with Gasteiger partial charge in [-0.15, -0.1) is 0 Å². The van der Waals surface area contributed by atoms with Crippen molar-refractivity contribution >= 4 is 28.5 Å². The van der Waals surface area contributed by atoms with Crippen molar-refractivity contribution < 1.29 is 19.1 Å². The Kier molecular flexibility index (Phi) is 4.45. The normalized spacial score (nSPS) is 16.8. The molecule has 1 amide bonds. The minimum absolute atomic E-state index is 0.164. The summed E-state index contributed by atoms with van der Waals surface area (Å²) in [5, 5.41) is 11.6. The second-order valence-electron chi connectivity index (χ2n) is 5.00. The van der Waals surface area contributed by atoms with E-state index in [1.165, 1.54) is 6.07 Å². The molecule has 116 valence electrons. The van der Waals surface area contributed by atoms with Crippen molar-refractivity contribution in [2.24, 2.45) is 0 Å². The average Bonchev–Trinajstić information content (AvgIpc) is 2.85. The second-order valence-corrected chi connectivity index (χ2v) is 5.00. The molecule has 7 nitrogen and oxygen atoms in total. The maximum absolute atomic E-state index is 11.0. The maximum Gasteiger partial charge on any atom is 0.336 e. The lowest BCUT2D eigenvalue weighted by Gasteiger charge is -2.00. The van der Waals surface area contributed by atoms with E-state index < -0.39 is 12.0 Å². The molecule has 1 aliphatic rings. The van der Waals surface area contributed by atoms with Crippen LogP contribution in [0.1, 0.15) is 18.4 Å². The van der Waals surface area contributed by atoms with Gasteiger partial charge in [0.1, 0.15) is 11.6 Å². The van der Waals surface area contributed by atoms with Gasteiger partial charge in [-0.05, 0) is 31.0 Å². The zero-order valence-corrected chi connectivity index (χ0v) is 12.0. The van der Waals surface area contributed by atoms with Gasteiger partial charge in [0, 0.05) is 29.6 Å². The van der Waals surface area contributed by atoms with Crippen LogP contribution in [0.2, 0.25) is 0 Å². The number of aliphatic carboxylic acids is 1. The molecule has 4 N–H and O–H groups in total. The molecule has 0 unspecified atom stereocenters. The van der Waals surface area contributed by atoms with Crippen molar-refractivity contribution in [3.63, 3.8) is 0 Å². The van der Waals surface area contributed by atoms with E-state index in [-0.39, 0.29) is 11.5 Å². The molecule has 2 heterocycles. The molecule has 0 bridgehead atoms. The van der Waals surface area contributed by atoms with E-state index in [9.17, 15) is 14.4 Å². The zero-order valence-electron chi connectivity index (χ0n) is 12.0. The van der Waals surface area contributed by atoms with E-state index in [4.69, 9.17) is 15.3 Å². The summed E-state index contributed by atoms with van der Waals surface area (Å²) in [5.74, 6) is -1.11.